The third-order valence-corrected chi connectivity index (χ3v) is 5.14. The van der Waals surface area contributed by atoms with E-state index in [0.29, 0.717) is 28.6 Å². The highest BCUT2D eigenvalue weighted by molar-refractivity contribution is 8.00. The van der Waals surface area contributed by atoms with Gasteiger partial charge in [0.15, 0.2) is 0 Å². The molecule has 1 aliphatic rings. The summed E-state index contributed by atoms with van der Waals surface area (Å²) in [7, 11) is 0. The van der Waals surface area contributed by atoms with E-state index in [4.69, 9.17) is 0 Å². The van der Waals surface area contributed by atoms with Crippen LogP contribution in [0.15, 0.2) is 40.2 Å². The molecule has 26 heavy (non-hydrogen) atoms. The van der Waals surface area contributed by atoms with Crippen LogP contribution in [-0.2, 0) is 22.6 Å². The molecule has 8 heteroatoms. The van der Waals surface area contributed by atoms with Gasteiger partial charge in [-0.3, -0.25) is 14.4 Å². The summed E-state index contributed by atoms with van der Waals surface area (Å²) in [6.07, 6.45) is 2.41. The number of nitrogens with zero attached hydrogens (tertiary/aromatic N) is 3. The Labute approximate surface area is 155 Å². The predicted molar refractivity (Wildman–Crippen MR) is 102 cm³/mol. The number of aryl methyl sites for hydroxylation is 1. The van der Waals surface area contributed by atoms with Gasteiger partial charge in [-0.1, -0.05) is 19.1 Å². The van der Waals surface area contributed by atoms with Crippen molar-refractivity contribution in [3.63, 3.8) is 0 Å². The number of carbonyl (C=O) groups is 2. The fraction of sp³-hybridized carbons (Fsp3) is 0.333. The largest absolute Gasteiger partial charge is 0.324 e. The van der Waals surface area contributed by atoms with Crippen LogP contribution in [0, 0.1) is 0 Å². The molecular weight excluding hydrogens is 352 g/mol. The van der Waals surface area contributed by atoms with Crippen molar-refractivity contribution in [1.29, 1.82) is 0 Å². The fourth-order valence-electron chi connectivity index (χ4n) is 2.81. The molecule has 0 radical (unpaired) electrons. The SMILES string of the molecule is CCc1cccc(NC(=O)Cn2ncc3c(c2=O)N(CC)C(=O)CS3)c1. The van der Waals surface area contributed by atoms with E-state index < -0.39 is 5.56 Å². The van der Waals surface area contributed by atoms with E-state index in [2.05, 4.69) is 10.4 Å². The predicted octanol–water partition coefficient (Wildman–Crippen LogP) is 1.90. The molecule has 2 amide bonds. The molecule has 2 heterocycles. The van der Waals surface area contributed by atoms with Crippen molar-refractivity contribution in [1.82, 2.24) is 9.78 Å². The molecule has 0 spiro atoms. The first-order chi connectivity index (χ1) is 12.5. The van der Waals surface area contributed by atoms with Gasteiger partial charge >= 0.3 is 0 Å². The standard InChI is InChI=1S/C18H20N4O3S/c1-3-12-6-5-7-13(8-12)20-15(23)10-22-18(25)17-14(9-19-22)26-11-16(24)21(17)4-2/h5-9H,3-4,10-11H2,1-2H3,(H,20,23). The van der Waals surface area contributed by atoms with Crippen LogP contribution in [0.5, 0.6) is 0 Å². The molecule has 0 bridgehead atoms. The lowest BCUT2D eigenvalue weighted by molar-refractivity contribution is -0.117. The van der Waals surface area contributed by atoms with Gasteiger partial charge in [-0.15, -0.1) is 11.8 Å². The number of carbonyl (C=O) groups excluding carboxylic acids is 2. The summed E-state index contributed by atoms with van der Waals surface area (Å²) in [5.74, 6) is -0.161. The zero-order valence-electron chi connectivity index (χ0n) is 14.7. The van der Waals surface area contributed by atoms with E-state index in [-0.39, 0.29) is 18.4 Å². The minimum atomic E-state index is -0.428. The summed E-state index contributed by atoms with van der Waals surface area (Å²) in [6.45, 7) is 4.05. The van der Waals surface area contributed by atoms with Gasteiger partial charge in [0.05, 0.1) is 16.8 Å². The zero-order valence-corrected chi connectivity index (χ0v) is 15.5. The number of fused-ring (bicyclic) bond motifs is 1. The maximum absolute atomic E-state index is 12.7. The number of nitrogens with one attached hydrogen (secondary N) is 1. The van der Waals surface area contributed by atoms with Crippen LogP contribution in [0.4, 0.5) is 11.4 Å². The first-order valence-electron chi connectivity index (χ1n) is 8.45. The summed E-state index contributed by atoms with van der Waals surface area (Å²) in [4.78, 5) is 39.2. The van der Waals surface area contributed by atoms with Gasteiger partial charge in [0.25, 0.3) is 5.56 Å². The van der Waals surface area contributed by atoms with E-state index in [1.807, 2.05) is 32.0 Å². The molecular formula is C18H20N4O3S. The lowest BCUT2D eigenvalue weighted by Crippen LogP contribution is -2.42. The lowest BCUT2D eigenvalue weighted by Gasteiger charge is -2.26. The lowest BCUT2D eigenvalue weighted by atomic mass is 10.1. The number of benzene rings is 1. The van der Waals surface area contributed by atoms with Crippen LogP contribution in [0.1, 0.15) is 19.4 Å². The minimum Gasteiger partial charge on any atom is -0.324 e. The summed E-state index contributed by atoms with van der Waals surface area (Å²) >= 11 is 1.30. The van der Waals surface area contributed by atoms with Gasteiger partial charge in [-0.2, -0.15) is 5.10 Å². The zero-order chi connectivity index (χ0) is 18.7. The Balaban J connectivity index is 1.82. The molecule has 7 nitrogen and oxygen atoms in total. The normalized spacial score (nSPS) is 13.5. The molecule has 1 N–H and O–H groups in total. The van der Waals surface area contributed by atoms with Crippen molar-refractivity contribution in [2.75, 3.05) is 22.5 Å². The number of rotatable bonds is 5. The molecule has 0 unspecified atom stereocenters. The maximum atomic E-state index is 12.7. The second kappa shape index (κ2) is 7.74. The van der Waals surface area contributed by atoms with E-state index in [1.165, 1.54) is 16.7 Å². The van der Waals surface area contributed by atoms with Gasteiger partial charge < -0.3 is 10.2 Å². The van der Waals surface area contributed by atoms with Crippen molar-refractivity contribution < 1.29 is 9.59 Å². The Morgan fingerprint density at radius 3 is 2.85 bits per heavy atom. The summed E-state index contributed by atoms with van der Waals surface area (Å²) in [5.41, 5.74) is 1.68. The number of amides is 2. The van der Waals surface area contributed by atoms with E-state index in [0.717, 1.165) is 16.7 Å². The van der Waals surface area contributed by atoms with Gasteiger partial charge in [0, 0.05) is 12.2 Å². The van der Waals surface area contributed by atoms with E-state index in [9.17, 15) is 14.4 Å². The summed E-state index contributed by atoms with van der Waals surface area (Å²) < 4.78 is 1.10. The second-order valence-electron chi connectivity index (χ2n) is 5.85. The van der Waals surface area contributed by atoms with Crippen molar-refractivity contribution in [3.05, 3.63) is 46.4 Å². The molecule has 1 aliphatic heterocycles. The molecule has 0 fully saturated rings. The molecule has 3 rings (SSSR count). The van der Waals surface area contributed by atoms with E-state index >= 15 is 0 Å². The summed E-state index contributed by atoms with van der Waals surface area (Å²) in [6, 6.07) is 7.56. The summed E-state index contributed by atoms with van der Waals surface area (Å²) in [5, 5.41) is 6.87. The number of anilines is 2. The molecule has 0 atom stereocenters. The number of thioether (sulfide) groups is 1. The molecule has 1 aromatic carbocycles. The molecule has 1 aromatic heterocycles. The van der Waals surface area contributed by atoms with Gasteiger partial charge in [-0.05, 0) is 31.0 Å². The van der Waals surface area contributed by atoms with Crippen molar-refractivity contribution >= 4 is 35.0 Å². The Kier molecular flexibility index (Phi) is 5.41. The highest BCUT2D eigenvalue weighted by atomic mass is 32.2. The Hall–Kier alpha value is -2.61. The Morgan fingerprint density at radius 1 is 1.31 bits per heavy atom. The molecule has 0 saturated carbocycles. The van der Waals surface area contributed by atoms with Crippen LogP contribution in [0.3, 0.4) is 0 Å². The van der Waals surface area contributed by atoms with Crippen molar-refractivity contribution in [2.45, 2.75) is 31.7 Å². The molecule has 0 saturated heterocycles. The monoisotopic (exact) mass is 372 g/mol. The molecule has 2 aromatic rings. The fourth-order valence-corrected chi connectivity index (χ4v) is 3.70. The van der Waals surface area contributed by atoms with E-state index in [1.54, 1.807) is 12.3 Å². The van der Waals surface area contributed by atoms with Crippen LogP contribution in [0.2, 0.25) is 0 Å². The van der Waals surface area contributed by atoms with Gasteiger partial charge in [0.2, 0.25) is 11.8 Å². The van der Waals surface area contributed by atoms with Crippen LogP contribution < -0.4 is 15.8 Å². The average molecular weight is 372 g/mol. The van der Waals surface area contributed by atoms with Crippen molar-refractivity contribution in [2.24, 2.45) is 0 Å². The highest BCUT2D eigenvalue weighted by Gasteiger charge is 2.28. The maximum Gasteiger partial charge on any atom is 0.292 e. The third-order valence-electron chi connectivity index (χ3n) is 4.14. The highest BCUT2D eigenvalue weighted by Crippen LogP contribution is 2.31. The molecule has 0 aliphatic carbocycles. The number of hydrogen-bond donors (Lipinski definition) is 1. The Bertz CT molecular complexity index is 910. The number of hydrogen-bond acceptors (Lipinski definition) is 5. The van der Waals surface area contributed by atoms with Gasteiger partial charge in [-0.25, -0.2) is 4.68 Å². The average Bonchev–Trinajstić information content (AvgIpc) is 2.64. The van der Waals surface area contributed by atoms with Crippen LogP contribution in [-0.4, -0.2) is 33.9 Å². The third kappa shape index (κ3) is 3.65. The topological polar surface area (TPSA) is 84.3 Å². The quantitative estimate of drug-likeness (QED) is 0.867. The van der Waals surface area contributed by atoms with Crippen LogP contribution >= 0.6 is 11.8 Å². The smallest absolute Gasteiger partial charge is 0.292 e. The van der Waals surface area contributed by atoms with Crippen LogP contribution in [0.25, 0.3) is 0 Å². The number of aromatic nitrogens is 2. The van der Waals surface area contributed by atoms with Gasteiger partial charge in [0.1, 0.15) is 12.2 Å². The first-order valence-corrected chi connectivity index (χ1v) is 9.44. The molecule has 136 valence electrons. The minimum absolute atomic E-state index is 0.110. The van der Waals surface area contributed by atoms with Crippen molar-refractivity contribution in [3.8, 4) is 0 Å². The first kappa shape index (κ1) is 18.2. The Morgan fingerprint density at radius 2 is 2.12 bits per heavy atom. The second-order valence-corrected chi connectivity index (χ2v) is 6.87.